The van der Waals surface area contributed by atoms with Crippen molar-refractivity contribution in [1.29, 1.82) is 0 Å². The van der Waals surface area contributed by atoms with Crippen LogP contribution in [0.1, 0.15) is 5.56 Å². The molecular weight excluding hydrogens is 366 g/mol. The molecule has 0 aliphatic carbocycles. The van der Waals surface area contributed by atoms with Crippen molar-refractivity contribution < 1.29 is 9.53 Å². The number of carbonyl (C=O) groups is 1. The molecule has 0 radical (unpaired) electrons. The molecule has 3 aromatic rings. The van der Waals surface area contributed by atoms with E-state index in [2.05, 4.69) is 10.3 Å². The minimum absolute atomic E-state index is 0.138. The summed E-state index contributed by atoms with van der Waals surface area (Å²) in [5.41, 5.74) is 2.51. The number of carbonyl (C=O) groups excluding carboxylic acids is 1. The van der Waals surface area contributed by atoms with Gasteiger partial charge in [-0.25, -0.2) is 4.98 Å². The van der Waals surface area contributed by atoms with Crippen molar-refractivity contribution >= 4 is 23.2 Å². The first-order valence-electron chi connectivity index (χ1n) is 8.23. The van der Waals surface area contributed by atoms with Gasteiger partial charge in [0.05, 0.1) is 19.1 Å². The molecule has 0 saturated carbocycles. The van der Waals surface area contributed by atoms with Gasteiger partial charge in [-0.05, 0) is 48.9 Å². The third-order valence-electron chi connectivity index (χ3n) is 4.05. The van der Waals surface area contributed by atoms with Crippen LogP contribution in [0, 0.1) is 6.92 Å². The predicted molar refractivity (Wildman–Crippen MR) is 105 cm³/mol. The fourth-order valence-corrected chi connectivity index (χ4v) is 2.71. The molecule has 0 unspecified atom stereocenters. The van der Waals surface area contributed by atoms with E-state index in [9.17, 15) is 9.59 Å². The number of benzene rings is 2. The Balaban J connectivity index is 1.74. The Morgan fingerprint density at radius 3 is 2.59 bits per heavy atom. The molecule has 1 N–H and O–H groups in total. The molecule has 6 nitrogen and oxygen atoms in total. The zero-order valence-electron chi connectivity index (χ0n) is 14.9. The monoisotopic (exact) mass is 383 g/mol. The van der Waals surface area contributed by atoms with Crippen molar-refractivity contribution in [2.45, 2.75) is 13.5 Å². The van der Waals surface area contributed by atoms with Gasteiger partial charge >= 0.3 is 0 Å². The highest BCUT2D eigenvalue weighted by molar-refractivity contribution is 6.31. The van der Waals surface area contributed by atoms with Crippen molar-refractivity contribution in [1.82, 2.24) is 9.55 Å². The summed E-state index contributed by atoms with van der Waals surface area (Å²) in [5.74, 6) is 0.390. The van der Waals surface area contributed by atoms with Gasteiger partial charge in [-0.1, -0.05) is 17.7 Å². The quantitative estimate of drug-likeness (QED) is 0.731. The number of halogens is 1. The summed E-state index contributed by atoms with van der Waals surface area (Å²) in [6.07, 6.45) is 1.37. The van der Waals surface area contributed by atoms with Crippen LogP contribution < -0.4 is 15.6 Å². The van der Waals surface area contributed by atoms with Crippen LogP contribution in [0.25, 0.3) is 11.3 Å². The molecular formula is C20H18ClN3O3. The minimum atomic E-state index is -0.332. The Labute approximate surface area is 161 Å². The van der Waals surface area contributed by atoms with Crippen LogP contribution in [0.3, 0.4) is 0 Å². The second kappa shape index (κ2) is 8.05. The lowest BCUT2D eigenvalue weighted by Gasteiger charge is -2.10. The van der Waals surface area contributed by atoms with Gasteiger partial charge in [0.25, 0.3) is 5.56 Å². The zero-order valence-corrected chi connectivity index (χ0v) is 15.7. The van der Waals surface area contributed by atoms with Crippen LogP contribution in [0.5, 0.6) is 5.75 Å². The van der Waals surface area contributed by atoms with Gasteiger partial charge in [-0.15, -0.1) is 0 Å². The van der Waals surface area contributed by atoms with Gasteiger partial charge in [-0.3, -0.25) is 14.2 Å². The molecule has 0 atom stereocenters. The van der Waals surface area contributed by atoms with E-state index in [0.717, 1.165) is 16.9 Å². The maximum absolute atomic E-state index is 12.3. The third kappa shape index (κ3) is 4.54. The number of nitrogens with zero attached hydrogens (tertiary/aromatic N) is 2. The number of hydrogen-bond donors (Lipinski definition) is 1. The molecule has 0 saturated heterocycles. The number of nitrogens with one attached hydrogen (secondary N) is 1. The Bertz CT molecular complexity index is 1030. The zero-order chi connectivity index (χ0) is 19.4. The molecule has 0 spiro atoms. The maximum atomic E-state index is 12.3. The molecule has 7 heteroatoms. The summed E-state index contributed by atoms with van der Waals surface area (Å²) < 4.78 is 6.37. The topological polar surface area (TPSA) is 73.2 Å². The van der Waals surface area contributed by atoms with Gasteiger partial charge in [-0.2, -0.15) is 0 Å². The van der Waals surface area contributed by atoms with E-state index in [4.69, 9.17) is 16.3 Å². The number of methoxy groups -OCH3 is 1. The summed E-state index contributed by atoms with van der Waals surface area (Å²) in [4.78, 5) is 28.9. The molecule has 138 valence electrons. The van der Waals surface area contributed by atoms with E-state index in [1.165, 1.54) is 17.0 Å². The molecule has 1 aromatic heterocycles. The summed E-state index contributed by atoms with van der Waals surface area (Å²) >= 11 is 5.96. The van der Waals surface area contributed by atoms with Crippen LogP contribution in [0.4, 0.5) is 5.69 Å². The highest BCUT2D eigenvalue weighted by Crippen LogP contribution is 2.21. The molecule has 27 heavy (non-hydrogen) atoms. The van der Waals surface area contributed by atoms with Gasteiger partial charge in [0.2, 0.25) is 5.91 Å². The van der Waals surface area contributed by atoms with Crippen molar-refractivity contribution in [3.63, 3.8) is 0 Å². The lowest BCUT2D eigenvalue weighted by molar-refractivity contribution is -0.116. The summed E-state index contributed by atoms with van der Waals surface area (Å²) in [6.45, 7) is 1.73. The second-order valence-corrected chi connectivity index (χ2v) is 6.41. The number of aryl methyl sites for hydroxylation is 1. The van der Waals surface area contributed by atoms with Gasteiger partial charge in [0.1, 0.15) is 12.3 Å². The fraction of sp³-hybridized carbons (Fsp3) is 0.150. The largest absolute Gasteiger partial charge is 0.497 e. The Morgan fingerprint density at radius 1 is 1.19 bits per heavy atom. The van der Waals surface area contributed by atoms with Crippen LogP contribution in [-0.4, -0.2) is 22.6 Å². The molecule has 3 rings (SSSR count). The number of hydrogen-bond acceptors (Lipinski definition) is 4. The molecule has 0 aliphatic heterocycles. The smallest absolute Gasteiger partial charge is 0.254 e. The number of amides is 1. The van der Waals surface area contributed by atoms with Crippen LogP contribution in [0.15, 0.2) is 59.7 Å². The summed E-state index contributed by atoms with van der Waals surface area (Å²) in [6, 6.07) is 13.9. The molecule has 2 aromatic carbocycles. The van der Waals surface area contributed by atoms with E-state index in [1.807, 2.05) is 25.1 Å². The van der Waals surface area contributed by atoms with Crippen LogP contribution in [0.2, 0.25) is 5.02 Å². The first kappa shape index (κ1) is 18.7. The SMILES string of the molecule is COc1ccc(-c2cc(=O)n(CC(=O)Nc3cc(Cl)ccc3C)cn2)cc1. The normalized spacial score (nSPS) is 10.5. The van der Waals surface area contributed by atoms with Gasteiger partial charge in [0.15, 0.2) is 0 Å². The number of ether oxygens (including phenoxy) is 1. The standard InChI is InChI=1S/C20H18ClN3O3/c1-13-3-6-15(21)9-17(13)23-19(25)11-24-12-22-18(10-20(24)26)14-4-7-16(27-2)8-5-14/h3-10,12H,11H2,1-2H3,(H,23,25). The van der Waals surface area contributed by atoms with Crippen LogP contribution >= 0.6 is 11.6 Å². The summed E-state index contributed by atoms with van der Waals surface area (Å²) in [5, 5.41) is 3.29. The third-order valence-corrected chi connectivity index (χ3v) is 4.29. The highest BCUT2D eigenvalue weighted by atomic mass is 35.5. The molecule has 0 fully saturated rings. The molecule has 0 bridgehead atoms. The van der Waals surface area contributed by atoms with Crippen molar-refractivity contribution in [2.24, 2.45) is 0 Å². The Hall–Kier alpha value is -3.12. The average molecular weight is 384 g/mol. The fourth-order valence-electron chi connectivity index (χ4n) is 2.54. The van der Waals surface area contributed by atoms with E-state index >= 15 is 0 Å². The Morgan fingerprint density at radius 2 is 1.93 bits per heavy atom. The Kier molecular flexibility index (Phi) is 5.57. The van der Waals surface area contributed by atoms with E-state index in [0.29, 0.717) is 16.4 Å². The lowest BCUT2D eigenvalue weighted by atomic mass is 10.1. The van der Waals surface area contributed by atoms with Crippen molar-refractivity contribution in [3.8, 4) is 17.0 Å². The van der Waals surface area contributed by atoms with Gasteiger partial charge in [0, 0.05) is 22.3 Å². The number of anilines is 1. The molecule has 1 amide bonds. The minimum Gasteiger partial charge on any atom is -0.497 e. The first-order valence-corrected chi connectivity index (χ1v) is 8.61. The van der Waals surface area contributed by atoms with E-state index < -0.39 is 0 Å². The molecule has 1 heterocycles. The number of aromatic nitrogens is 2. The van der Waals surface area contributed by atoms with E-state index in [1.54, 1.807) is 31.4 Å². The molecule has 0 aliphatic rings. The average Bonchev–Trinajstić information content (AvgIpc) is 2.66. The summed E-state index contributed by atoms with van der Waals surface area (Å²) in [7, 11) is 1.59. The van der Waals surface area contributed by atoms with Gasteiger partial charge < -0.3 is 10.1 Å². The van der Waals surface area contributed by atoms with E-state index in [-0.39, 0.29) is 18.0 Å². The predicted octanol–water partition coefficient (Wildman–Crippen LogP) is 3.52. The lowest BCUT2D eigenvalue weighted by Crippen LogP contribution is -2.27. The van der Waals surface area contributed by atoms with Crippen molar-refractivity contribution in [2.75, 3.05) is 12.4 Å². The number of rotatable bonds is 5. The highest BCUT2D eigenvalue weighted by Gasteiger charge is 2.09. The van der Waals surface area contributed by atoms with Crippen LogP contribution in [-0.2, 0) is 11.3 Å². The maximum Gasteiger partial charge on any atom is 0.254 e. The first-order chi connectivity index (χ1) is 13.0. The second-order valence-electron chi connectivity index (χ2n) is 5.98. The van der Waals surface area contributed by atoms with Crippen molar-refractivity contribution in [3.05, 3.63) is 75.8 Å².